The molecule has 0 spiro atoms. The maximum Gasteiger partial charge on any atom is 0.221 e. The molecule has 0 aromatic carbocycles. The topological polar surface area (TPSA) is 58.4 Å². The zero-order valence-corrected chi connectivity index (χ0v) is 15.4. The van der Waals surface area contributed by atoms with E-state index in [0.29, 0.717) is 12.3 Å². The molecular formula is C18H27ClN4O. The molecular weight excluding hydrogens is 324 g/mol. The molecule has 6 heteroatoms. The predicted octanol–water partition coefficient (Wildman–Crippen LogP) is 2.81. The van der Waals surface area contributed by atoms with Crippen molar-refractivity contribution in [1.82, 2.24) is 20.0 Å². The lowest BCUT2D eigenvalue weighted by atomic mass is 9.93. The van der Waals surface area contributed by atoms with E-state index in [1.54, 1.807) is 0 Å². The zero-order chi connectivity index (χ0) is 16.4. The molecule has 24 heavy (non-hydrogen) atoms. The largest absolute Gasteiger partial charge is 0.344 e. The van der Waals surface area contributed by atoms with Crippen LogP contribution >= 0.6 is 12.4 Å². The molecule has 0 atom stereocenters. The zero-order valence-electron chi connectivity index (χ0n) is 14.6. The number of aromatic nitrogens is 2. The molecule has 3 heterocycles. The third-order valence-corrected chi connectivity index (χ3v) is 4.73. The third-order valence-electron chi connectivity index (χ3n) is 4.73. The van der Waals surface area contributed by atoms with Crippen molar-refractivity contribution >= 4 is 23.8 Å². The maximum atomic E-state index is 12.5. The van der Waals surface area contributed by atoms with Gasteiger partial charge in [0.25, 0.3) is 0 Å². The summed E-state index contributed by atoms with van der Waals surface area (Å²) < 4.78 is 2.07. The molecule has 1 aliphatic rings. The van der Waals surface area contributed by atoms with Gasteiger partial charge in [-0.15, -0.1) is 12.4 Å². The highest BCUT2D eigenvalue weighted by atomic mass is 35.5. The van der Waals surface area contributed by atoms with Crippen LogP contribution in [0, 0.1) is 12.8 Å². The van der Waals surface area contributed by atoms with Gasteiger partial charge in [0.05, 0.1) is 17.3 Å². The van der Waals surface area contributed by atoms with Gasteiger partial charge in [-0.05, 0) is 64.3 Å². The van der Waals surface area contributed by atoms with E-state index in [0.717, 1.165) is 37.3 Å². The molecule has 3 rings (SSSR count). The first-order valence-corrected chi connectivity index (χ1v) is 8.42. The van der Waals surface area contributed by atoms with Crippen molar-refractivity contribution in [2.45, 2.75) is 45.6 Å². The van der Waals surface area contributed by atoms with Gasteiger partial charge in [-0.3, -0.25) is 4.79 Å². The molecule has 0 saturated carbocycles. The smallest absolute Gasteiger partial charge is 0.221 e. The van der Waals surface area contributed by atoms with Gasteiger partial charge < -0.3 is 15.0 Å². The van der Waals surface area contributed by atoms with Gasteiger partial charge in [0.1, 0.15) is 5.82 Å². The second-order valence-corrected chi connectivity index (χ2v) is 7.10. The number of amides is 1. The van der Waals surface area contributed by atoms with Gasteiger partial charge in [-0.2, -0.15) is 0 Å². The van der Waals surface area contributed by atoms with E-state index in [1.807, 2.05) is 32.3 Å². The van der Waals surface area contributed by atoms with Crippen LogP contribution in [-0.4, -0.2) is 28.4 Å². The lowest BCUT2D eigenvalue weighted by Gasteiger charge is -2.27. The second kappa shape index (κ2) is 7.53. The quantitative estimate of drug-likeness (QED) is 0.891. The van der Waals surface area contributed by atoms with Crippen molar-refractivity contribution in [3.63, 3.8) is 0 Å². The van der Waals surface area contributed by atoms with Crippen molar-refractivity contribution in [3.8, 4) is 0 Å². The summed E-state index contributed by atoms with van der Waals surface area (Å²) in [6.45, 7) is 8.15. The first-order valence-electron chi connectivity index (χ1n) is 8.42. The summed E-state index contributed by atoms with van der Waals surface area (Å²) in [7, 11) is 0. The molecule has 132 valence electrons. The molecule has 1 fully saturated rings. The first-order chi connectivity index (χ1) is 11.0. The fourth-order valence-corrected chi connectivity index (χ4v) is 3.43. The fourth-order valence-electron chi connectivity index (χ4n) is 3.43. The minimum absolute atomic E-state index is 0. The monoisotopic (exact) mass is 350 g/mol. The molecule has 1 aliphatic heterocycles. The molecule has 0 unspecified atom stereocenters. The summed E-state index contributed by atoms with van der Waals surface area (Å²) in [5.74, 6) is 1.48. The second-order valence-electron chi connectivity index (χ2n) is 7.10. The molecule has 5 nitrogen and oxygen atoms in total. The average Bonchev–Trinajstić information content (AvgIpc) is 2.94. The van der Waals surface area contributed by atoms with Crippen LogP contribution < -0.4 is 10.6 Å². The van der Waals surface area contributed by atoms with E-state index in [9.17, 15) is 4.79 Å². The SMILES string of the molecule is Cc1cccn2c(C(C)(C)NC(=O)CC3CCNCC3)ncc12.Cl. The summed E-state index contributed by atoms with van der Waals surface area (Å²) in [4.78, 5) is 17.0. The van der Waals surface area contributed by atoms with Gasteiger partial charge >= 0.3 is 0 Å². The Labute approximate surface area is 149 Å². The molecule has 1 saturated heterocycles. The van der Waals surface area contributed by atoms with Gasteiger partial charge in [0.2, 0.25) is 5.91 Å². The number of carbonyl (C=O) groups excluding carboxylic acids is 1. The van der Waals surface area contributed by atoms with E-state index in [-0.39, 0.29) is 18.3 Å². The number of nitrogens with zero attached hydrogens (tertiary/aromatic N) is 2. The number of halogens is 1. The fraction of sp³-hybridized carbons (Fsp3) is 0.556. The number of imidazole rings is 1. The van der Waals surface area contributed by atoms with E-state index in [1.165, 1.54) is 5.56 Å². The van der Waals surface area contributed by atoms with E-state index < -0.39 is 5.54 Å². The lowest BCUT2D eigenvalue weighted by molar-refractivity contribution is -0.124. The Bertz CT molecular complexity index is 704. The Hall–Kier alpha value is -1.59. The molecule has 0 bridgehead atoms. The van der Waals surface area contributed by atoms with Crippen LogP contribution in [0.25, 0.3) is 5.52 Å². The number of aryl methyl sites for hydroxylation is 1. The number of pyridine rings is 1. The Morgan fingerprint density at radius 1 is 1.42 bits per heavy atom. The number of hydrogen-bond acceptors (Lipinski definition) is 3. The highest BCUT2D eigenvalue weighted by molar-refractivity contribution is 5.85. The summed E-state index contributed by atoms with van der Waals surface area (Å²) in [5.41, 5.74) is 1.77. The Morgan fingerprint density at radius 2 is 2.12 bits per heavy atom. The first kappa shape index (κ1) is 18.7. The Balaban J connectivity index is 0.00000208. The molecule has 2 aromatic heterocycles. The maximum absolute atomic E-state index is 12.5. The minimum atomic E-state index is -0.496. The molecule has 2 aromatic rings. The normalized spacial score (nSPS) is 16.0. The van der Waals surface area contributed by atoms with Crippen molar-refractivity contribution in [2.24, 2.45) is 5.92 Å². The number of nitrogens with one attached hydrogen (secondary N) is 2. The van der Waals surface area contributed by atoms with Gasteiger partial charge in [-0.1, -0.05) is 6.07 Å². The van der Waals surface area contributed by atoms with Crippen LogP contribution in [-0.2, 0) is 10.3 Å². The van der Waals surface area contributed by atoms with Crippen LogP contribution in [0.15, 0.2) is 24.5 Å². The van der Waals surface area contributed by atoms with E-state index >= 15 is 0 Å². The Morgan fingerprint density at radius 3 is 2.83 bits per heavy atom. The van der Waals surface area contributed by atoms with Crippen molar-refractivity contribution < 1.29 is 4.79 Å². The molecule has 0 aliphatic carbocycles. The number of fused-ring (bicyclic) bond motifs is 1. The molecule has 2 N–H and O–H groups in total. The van der Waals surface area contributed by atoms with E-state index in [2.05, 4.69) is 33.0 Å². The molecule has 1 amide bonds. The summed E-state index contributed by atoms with van der Waals surface area (Å²) in [6.07, 6.45) is 6.66. The third kappa shape index (κ3) is 3.90. The predicted molar refractivity (Wildman–Crippen MR) is 98.6 cm³/mol. The van der Waals surface area contributed by atoms with Gasteiger partial charge in [-0.25, -0.2) is 4.98 Å². The number of piperidine rings is 1. The minimum Gasteiger partial charge on any atom is -0.344 e. The van der Waals surface area contributed by atoms with Crippen LogP contribution in [0.4, 0.5) is 0 Å². The van der Waals surface area contributed by atoms with Crippen LogP contribution in [0.5, 0.6) is 0 Å². The van der Waals surface area contributed by atoms with Crippen molar-refractivity contribution in [3.05, 3.63) is 35.9 Å². The van der Waals surface area contributed by atoms with Gasteiger partial charge in [0, 0.05) is 12.6 Å². The number of hydrogen-bond donors (Lipinski definition) is 2. The highest BCUT2D eigenvalue weighted by Crippen LogP contribution is 2.23. The summed E-state index contributed by atoms with van der Waals surface area (Å²) >= 11 is 0. The van der Waals surface area contributed by atoms with Crippen molar-refractivity contribution in [1.29, 1.82) is 0 Å². The van der Waals surface area contributed by atoms with Crippen LogP contribution in [0.1, 0.15) is 44.5 Å². The highest BCUT2D eigenvalue weighted by Gasteiger charge is 2.28. The van der Waals surface area contributed by atoms with Crippen molar-refractivity contribution in [2.75, 3.05) is 13.1 Å². The molecule has 0 radical (unpaired) electrons. The van der Waals surface area contributed by atoms with Crippen LogP contribution in [0.3, 0.4) is 0 Å². The van der Waals surface area contributed by atoms with Gasteiger partial charge in [0.15, 0.2) is 0 Å². The average molecular weight is 351 g/mol. The Kier molecular flexibility index (Phi) is 5.88. The number of carbonyl (C=O) groups is 1. The number of rotatable bonds is 4. The summed E-state index contributed by atoms with van der Waals surface area (Å²) in [5, 5.41) is 6.51. The lowest BCUT2D eigenvalue weighted by Crippen LogP contribution is -2.43. The summed E-state index contributed by atoms with van der Waals surface area (Å²) in [6, 6.07) is 4.09. The van der Waals surface area contributed by atoms with E-state index in [4.69, 9.17) is 0 Å². The standard InChI is InChI=1S/C18H26N4O.ClH/c1-13-5-4-10-22-15(13)12-20-17(22)18(2,3)21-16(23)11-14-6-8-19-9-7-14;/h4-5,10,12,14,19H,6-9,11H2,1-3H3,(H,21,23);1H. The van der Waals surface area contributed by atoms with Crippen LogP contribution in [0.2, 0.25) is 0 Å².